The molecule has 2 aromatic heterocycles. The van der Waals surface area contributed by atoms with E-state index < -0.39 is 0 Å². The van der Waals surface area contributed by atoms with Crippen LogP contribution in [0.2, 0.25) is 0 Å². The minimum Gasteiger partial charge on any atom is -0.351 e. The van der Waals surface area contributed by atoms with E-state index in [1.807, 2.05) is 55.0 Å². The molecule has 6 nitrogen and oxygen atoms in total. The molecule has 0 saturated carbocycles. The topological polar surface area (TPSA) is 58.4 Å². The average Bonchev–Trinajstić information content (AvgIpc) is 2.99. The van der Waals surface area contributed by atoms with Crippen molar-refractivity contribution in [2.24, 2.45) is 12.5 Å². The zero-order valence-corrected chi connectivity index (χ0v) is 17.6. The first-order valence-corrected chi connectivity index (χ1v) is 10.5. The third-order valence-electron chi connectivity index (χ3n) is 6.94. The second-order valence-corrected chi connectivity index (χ2v) is 8.71. The smallest absolute Gasteiger partial charge is 0.255 e. The van der Waals surface area contributed by atoms with Crippen LogP contribution in [0.3, 0.4) is 0 Å². The van der Waals surface area contributed by atoms with E-state index in [1.54, 1.807) is 6.20 Å². The number of nitrogens with zero attached hydrogens (tertiary/aromatic N) is 4. The van der Waals surface area contributed by atoms with Gasteiger partial charge in [-0.3, -0.25) is 14.6 Å². The molecule has 2 saturated heterocycles. The van der Waals surface area contributed by atoms with E-state index in [2.05, 4.69) is 9.55 Å². The molecule has 154 valence electrons. The van der Waals surface area contributed by atoms with Gasteiger partial charge in [0.1, 0.15) is 0 Å². The van der Waals surface area contributed by atoms with Gasteiger partial charge in [0.15, 0.2) is 0 Å². The molecule has 2 aliphatic heterocycles. The minimum absolute atomic E-state index is 0.126. The van der Waals surface area contributed by atoms with Crippen molar-refractivity contribution in [3.63, 3.8) is 0 Å². The second-order valence-electron chi connectivity index (χ2n) is 8.71. The monoisotopic (exact) mass is 394 g/mol. The highest BCUT2D eigenvalue weighted by atomic mass is 16.2. The lowest BCUT2D eigenvalue weighted by Gasteiger charge is -2.47. The van der Waals surface area contributed by atoms with Gasteiger partial charge in [-0.2, -0.15) is 0 Å². The summed E-state index contributed by atoms with van der Waals surface area (Å²) >= 11 is 0. The Labute approximate surface area is 172 Å². The number of piperidine rings is 2. The fourth-order valence-electron chi connectivity index (χ4n) is 4.77. The highest BCUT2D eigenvalue weighted by Gasteiger charge is 2.42. The number of amides is 2. The first-order valence-electron chi connectivity index (χ1n) is 10.5. The quantitative estimate of drug-likeness (QED) is 0.804. The van der Waals surface area contributed by atoms with E-state index >= 15 is 0 Å². The number of aromatic nitrogens is 2. The highest BCUT2D eigenvalue weighted by molar-refractivity contribution is 5.95. The Kier molecular flexibility index (Phi) is 5.19. The lowest BCUT2D eigenvalue weighted by molar-refractivity contribution is -0.139. The molecule has 0 aliphatic carbocycles. The summed E-state index contributed by atoms with van der Waals surface area (Å²) in [4.78, 5) is 33.9. The SMILES string of the molecule is Cc1cc(C(=O)N2CCC3(CCC(=O)N(Cc4ccccn4)C3)CC2)c(C)n1C. The molecule has 2 aromatic rings. The Balaban J connectivity index is 1.42. The van der Waals surface area contributed by atoms with Crippen molar-refractivity contribution >= 4 is 11.8 Å². The Hall–Kier alpha value is -2.63. The van der Waals surface area contributed by atoms with Crippen LogP contribution < -0.4 is 0 Å². The van der Waals surface area contributed by atoms with Crippen LogP contribution in [0.5, 0.6) is 0 Å². The molecule has 0 bridgehead atoms. The van der Waals surface area contributed by atoms with Crippen molar-refractivity contribution < 1.29 is 9.59 Å². The minimum atomic E-state index is 0.126. The first kappa shape index (κ1) is 19.7. The standard InChI is InChI=1S/C23H30N4O2/c1-17-14-20(18(2)25(17)3)22(29)26-12-9-23(10-13-26)8-7-21(28)27(16-23)15-19-6-4-5-11-24-19/h4-6,11,14H,7-10,12-13,15-16H2,1-3H3. The maximum absolute atomic E-state index is 13.1. The first-order chi connectivity index (χ1) is 13.9. The molecule has 4 rings (SSSR count). The number of likely N-dealkylation sites (tertiary alicyclic amines) is 2. The summed E-state index contributed by atoms with van der Waals surface area (Å²) < 4.78 is 2.07. The van der Waals surface area contributed by atoms with Crippen LogP contribution in [0, 0.1) is 19.3 Å². The summed E-state index contributed by atoms with van der Waals surface area (Å²) in [6.07, 6.45) is 5.20. The van der Waals surface area contributed by atoms with Gasteiger partial charge in [-0.25, -0.2) is 0 Å². The van der Waals surface area contributed by atoms with E-state index in [9.17, 15) is 9.59 Å². The zero-order chi connectivity index (χ0) is 20.6. The largest absolute Gasteiger partial charge is 0.351 e. The van der Waals surface area contributed by atoms with Crippen LogP contribution in [0.4, 0.5) is 0 Å². The van der Waals surface area contributed by atoms with Gasteiger partial charge in [0, 0.05) is 50.7 Å². The number of carbonyl (C=O) groups is 2. The molecule has 4 heterocycles. The van der Waals surface area contributed by atoms with Gasteiger partial charge in [0.2, 0.25) is 5.91 Å². The van der Waals surface area contributed by atoms with Crippen LogP contribution >= 0.6 is 0 Å². The number of pyridine rings is 1. The summed E-state index contributed by atoms with van der Waals surface area (Å²) in [7, 11) is 2.00. The van der Waals surface area contributed by atoms with Crippen molar-refractivity contribution in [1.29, 1.82) is 0 Å². The van der Waals surface area contributed by atoms with Crippen LogP contribution in [-0.4, -0.2) is 50.8 Å². The van der Waals surface area contributed by atoms with Crippen LogP contribution in [0.1, 0.15) is 53.1 Å². The maximum atomic E-state index is 13.1. The molecule has 0 aromatic carbocycles. The molecule has 0 N–H and O–H groups in total. The number of carbonyl (C=O) groups excluding carboxylic acids is 2. The van der Waals surface area contributed by atoms with Crippen molar-refractivity contribution in [1.82, 2.24) is 19.4 Å². The van der Waals surface area contributed by atoms with Gasteiger partial charge < -0.3 is 14.4 Å². The van der Waals surface area contributed by atoms with Gasteiger partial charge >= 0.3 is 0 Å². The van der Waals surface area contributed by atoms with E-state index in [1.165, 1.54) is 0 Å². The van der Waals surface area contributed by atoms with Crippen molar-refractivity contribution in [3.8, 4) is 0 Å². The molecule has 0 atom stereocenters. The number of hydrogen-bond acceptors (Lipinski definition) is 3. The fraction of sp³-hybridized carbons (Fsp3) is 0.522. The Morgan fingerprint density at radius 1 is 1.17 bits per heavy atom. The van der Waals surface area contributed by atoms with E-state index in [0.717, 1.165) is 61.5 Å². The molecule has 6 heteroatoms. The normalized spacial score (nSPS) is 19.1. The van der Waals surface area contributed by atoms with E-state index in [-0.39, 0.29) is 17.2 Å². The van der Waals surface area contributed by atoms with Crippen molar-refractivity contribution in [3.05, 3.63) is 53.1 Å². The Morgan fingerprint density at radius 3 is 2.55 bits per heavy atom. The summed E-state index contributed by atoms with van der Waals surface area (Å²) in [5.74, 6) is 0.355. The highest BCUT2D eigenvalue weighted by Crippen LogP contribution is 2.41. The fourth-order valence-corrected chi connectivity index (χ4v) is 4.77. The predicted octanol–water partition coefficient (Wildman–Crippen LogP) is 3.08. The van der Waals surface area contributed by atoms with Crippen LogP contribution in [0.25, 0.3) is 0 Å². The maximum Gasteiger partial charge on any atom is 0.255 e. The molecule has 29 heavy (non-hydrogen) atoms. The van der Waals surface area contributed by atoms with E-state index in [0.29, 0.717) is 13.0 Å². The molecule has 2 fully saturated rings. The van der Waals surface area contributed by atoms with Gasteiger partial charge in [0.05, 0.1) is 17.8 Å². The lowest BCUT2D eigenvalue weighted by Crippen LogP contribution is -2.52. The van der Waals surface area contributed by atoms with Crippen molar-refractivity contribution in [2.45, 2.75) is 46.1 Å². The Morgan fingerprint density at radius 2 is 1.93 bits per heavy atom. The molecule has 2 amide bonds. The number of rotatable bonds is 3. The molecular formula is C23H30N4O2. The third-order valence-corrected chi connectivity index (χ3v) is 6.94. The van der Waals surface area contributed by atoms with Crippen LogP contribution in [0.15, 0.2) is 30.5 Å². The van der Waals surface area contributed by atoms with Gasteiger partial charge in [0.25, 0.3) is 5.91 Å². The molecule has 1 spiro atoms. The van der Waals surface area contributed by atoms with Gasteiger partial charge in [-0.1, -0.05) is 6.07 Å². The zero-order valence-electron chi connectivity index (χ0n) is 17.6. The average molecular weight is 395 g/mol. The second kappa shape index (κ2) is 7.65. The third kappa shape index (κ3) is 3.80. The molecule has 0 radical (unpaired) electrons. The van der Waals surface area contributed by atoms with E-state index in [4.69, 9.17) is 0 Å². The molecule has 2 aliphatic rings. The predicted molar refractivity (Wildman–Crippen MR) is 111 cm³/mol. The molecular weight excluding hydrogens is 364 g/mol. The Bertz CT molecular complexity index is 910. The number of hydrogen-bond donors (Lipinski definition) is 0. The van der Waals surface area contributed by atoms with Gasteiger partial charge in [-0.15, -0.1) is 0 Å². The summed E-state index contributed by atoms with van der Waals surface area (Å²) in [6, 6.07) is 7.82. The number of aryl methyl sites for hydroxylation is 1. The van der Waals surface area contributed by atoms with Crippen LogP contribution in [-0.2, 0) is 18.4 Å². The van der Waals surface area contributed by atoms with Gasteiger partial charge in [-0.05, 0) is 56.7 Å². The molecule has 0 unspecified atom stereocenters. The lowest BCUT2D eigenvalue weighted by atomic mass is 9.72. The summed E-state index contributed by atoms with van der Waals surface area (Å²) in [5, 5.41) is 0. The summed E-state index contributed by atoms with van der Waals surface area (Å²) in [5.41, 5.74) is 4.01. The summed E-state index contributed by atoms with van der Waals surface area (Å²) in [6.45, 7) is 6.91. The van der Waals surface area contributed by atoms with Crippen molar-refractivity contribution in [2.75, 3.05) is 19.6 Å².